The average Bonchev–Trinajstić information content (AvgIpc) is 3.48. The van der Waals surface area contributed by atoms with Crippen LogP contribution in [0, 0.1) is 17.8 Å². The van der Waals surface area contributed by atoms with Gasteiger partial charge < -0.3 is 15.4 Å². The number of aromatic nitrogens is 4. The molecule has 3 aromatic heterocycles. The summed E-state index contributed by atoms with van der Waals surface area (Å²) in [6.45, 7) is 0.220. The van der Waals surface area contributed by atoms with Gasteiger partial charge in [0.05, 0.1) is 10.9 Å². The number of rotatable bonds is 3. The molecule has 2 aliphatic carbocycles. The van der Waals surface area contributed by atoms with E-state index in [9.17, 15) is 5.11 Å². The van der Waals surface area contributed by atoms with Gasteiger partial charge in [-0.2, -0.15) is 0 Å². The molecule has 31 heavy (non-hydrogen) atoms. The topological polar surface area (TPSA) is 89.9 Å². The van der Waals surface area contributed by atoms with Crippen LogP contribution < -0.4 is 5.73 Å². The number of nitrogen functional groups attached to an aromatic ring is 1. The van der Waals surface area contributed by atoms with Crippen molar-refractivity contribution in [2.24, 2.45) is 5.41 Å². The summed E-state index contributed by atoms with van der Waals surface area (Å²) in [5, 5.41) is 11.9. The monoisotopic (exact) mass is 409 g/mol. The van der Waals surface area contributed by atoms with Crippen LogP contribution in [0.5, 0.6) is 0 Å². The quantitative estimate of drug-likeness (QED) is 0.502. The first kappa shape index (κ1) is 18.3. The van der Waals surface area contributed by atoms with E-state index in [1.165, 1.54) is 6.33 Å². The Balaban J connectivity index is 1.67. The fourth-order valence-electron chi connectivity index (χ4n) is 6.04. The van der Waals surface area contributed by atoms with Crippen LogP contribution in [0.25, 0.3) is 33.1 Å². The minimum atomic E-state index is -0.147. The zero-order chi connectivity index (χ0) is 21.2. The van der Waals surface area contributed by atoms with Crippen LogP contribution in [0.3, 0.4) is 0 Å². The first-order valence-corrected chi connectivity index (χ1v) is 10.7. The standard InChI is InChI=1S/C25H23N5O/c1-2-19-20(17-11-16-5-3-4-6-18(16)27-12-17)21-22(26)28-15-29-23(21)30(19)25-9-7-24(13-25,14-31)8-10-25/h1,3-6,11-12,15,31H,7-10,13-14H2,(H2,26,28,29). The van der Waals surface area contributed by atoms with Gasteiger partial charge in [0, 0.05) is 34.9 Å². The molecule has 2 bridgehead atoms. The van der Waals surface area contributed by atoms with Gasteiger partial charge in [-0.05, 0) is 49.7 Å². The lowest BCUT2D eigenvalue weighted by molar-refractivity contribution is 0.133. The highest BCUT2D eigenvalue weighted by molar-refractivity contribution is 6.04. The molecule has 0 atom stereocenters. The van der Waals surface area contributed by atoms with Crippen molar-refractivity contribution in [2.45, 2.75) is 37.6 Å². The van der Waals surface area contributed by atoms with Gasteiger partial charge in [-0.1, -0.05) is 24.1 Å². The molecule has 3 N–H and O–H groups in total. The number of para-hydroxylation sites is 1. The Morgan fingerprint density at radius 3 is 2.68 bits per heavy atom. The van der Waals surface area contributed by atoms with Gasteiger partial charge in [-0.15, -0.1) is 6.42 Å². The van der Waals surface area contributed by atoms with E-state index in [1.54, 1.807) is 0 Å². The van der Waals surface area contributed by atoms with E-state index in [2.05, 4.69) is 31.5 Å². The number of pyridine rings is 1. The minimum Gasteiger partial charge on any atom is -0.396 e. The number of nitrogens with two attached hydrogens (primary N) is 1. The third kappa shape index (κ3) is 2.41. The molecule has 2 aliphatic rings. The Morgan fingerprint density at radius 2 is 1.94 bits per heavy atom. The second kappa shape index (κ2) is 6.29. The zero-order valence-electron chi connectivity index (χ0n) is 17.2. The molecule has 0 aliphatic heterocycles. The summed E-state index contributed by atoms with van der Waals surface area (Å²) in [4.78, 5) is 13.6. The number of hydrogen-bond acceptors (Lipinski definition) is 5. The van der Waals surface area contributed by atoms with Gasteiger partial charge in [0.2, 0.25) is 0 Å². The zero-order valence-corrected chi connectivity index (χ0v) is 17.2. The van der Waals surface area contributed by atoms with Crippen LogP contribution in [0.4, 0.5) is 5.82 Å². The van der Waals surface area contributed by atoms with Crippen molar-refractivity contribution in [3.05, 3.63) is 48.5 Å². The van der Waals surface area contributed by atoms with Crippen molar-refractivity contribution >= 4 is 27.8 Å². The van der Waals surface area contributed by atoms with Gasteiger partial charge in [0.15, 0.2) is 0 Å². The number of aliphatic hydroxyl groups excluding tert-OH is 1. The summed E-state index contributed by atoms with van der Waals surface area (Å²) < 4.78 is 2.23. The summed E-state index contributed by atoms with van der Waals surface area (Å²) in [5.74, 6) is 3.38. The fraction of sp³-hybridized carbons (Fsp3) is 0.320. The number of terminal acetylenes is 1. The molecule has 6 heteroatoms. The molecule has 2 saturated carbocycles. The van der Waals surface area contributed by atoms with Crippen LogP contribution in [-0.4, -0.2) is 31.2 Å². The Morgan fingerprint density at radius 1 is 1.13 bits per heavy atom. The van der Waals surface area contributed by atoms with Crippen molar-refractivity contribution < 1.29 is 5.11 Å². The first-order chi connectivity index (χ1) is 15.1. The highest BCUT2D eigenvalue weighted by Crippen LogP contribution is 2.61. The lowest BCUT2D eigenvalue weighted by Crippen LogP contribution is -2.29. The summed E-state index contributed by atoms with van der Waals surface area (Å²) in [6.07, 6.45) is 14.4. The molecular formula is C25H23N5O. The first-order valence-electron chi connectivity index (χ1n) is 10.7. The second-order valence-electron chi connectivity index (χ2n) is 9.14. The molecule has 0 unspecified atom stereocenters. The molecule has 0 spiro atoms. The van der Waals surface area contributed by atoms with Crippen LogP contribution >= 0.6 is 0 Å². The number of fused-ring (bicyclic) bond motifs is 4. The Kier molecular flexibility index (Phi) is 3.72. The molecule has 4 aromatic rings. The number of nitrogens with zero attached hydrogens (tertiary/aromatic N) is 4. The number of hydrogen-bond donors (Lipinski definition) is 2. The molecule has 0 saturated heterocycles. The van der Waals surface area contributed by atoms with Crippen molar-refractivity contribution in [2.75, 3.05) is 12.3 Å². The molecule has 6 nitrogen and oxygen atoms in total. The molecule has 0 radical (unpaired) electrons. The van der Waals surface area contributed by atoms with Crippen LogP contribution in [0.15, 0.2) is 42.9 Å². The number of anilines is 1. The second-order valence-corrected chi connectivity index (χ2v) is 9.14. The summed E-state index contributed by atoms with van der Waals surface area (Å²) in [5.41, 5.74) is 10.5. The van der Waals surface area contributed by atoms with Crippen LogP contribution in [-0.2, 0) is 5.54 Å². The predicted octanol–water partition coefficient (Wildman–Crippen LogP) is 3.86. The van der Waals surface area contributed by atoms with E-state index in [-0.39, 0.29) is 17.6 Å². The molecule has 3 heterocycles. The van der Waals surface area contributed by atoms with E-state index < -0.39 is 0 Å². The van der Waals surface area contributed by atoms with Crippen LogP contribution in [0.1, 0.15) is 37.8 Å². The van der Waals surface area contributed by atoms with Gasteiger partial charge in [-0.25, -0.2) is 9.97 Å². The molecule has 154 valence electrons. The SMILES string of the molecule is C#Cc1c(-c2cnc3ccccc3c2)c2c(N)ncnc2n1C12CCC(CO)(CC1)C2. The van der Waals surface area contributed by atoms with E-state index in [1.807, 2.05) is 30.5 Å². The lowest BCUT2D eigenvalue weighted by atomic mass is 9.85. The third-order valence-electron chi connectivity index (χ3n) is 7.55. The molecule has 6 rings (SSSR count). The maximum Gasteiger partial charge on any atom is 0.147 e. The number of aliphatic hydroxyl groups is 1. The van der Waals surface area contributed by atoms with Gasteiger partial charge in [0.25, 0.3) is 0 Å². The summed E-state index contributed by atoms with van der Waals surface area (Å²) in [7, 11) is 0. The van der Waals surface area contributed by atoms with E-state index >= 15 is 0 Å². The van der Waals surface area contributed by atoms with E-state index in [0.717, 1.165) is 70.9 Å². The predicted molar refractivity (Wildman–Crippen MR) is 121 cm³/mol. The van der Waals surface area contributed by atoms with Crippen LogP contribution in [0.2, 0.25) is 0 Å². The van der Waals surface area contributed by atoms with E-state index in [4.69, 9.17) is 12.2 Å². The Labute approximate surface area is 180 Å². The molecule has 1 aromatic carbocycles. The highest BCUT2D eigenvalue weighted by atomic mass is 16.3. The smallest absolute Gasteiger partial charge is 0.147 e. The summed E-state index contributed by atoms with van der Waals surface area (Å²) >= 11 is 0. The van der Waals surface area contributed by atoms with Crippen molar-refractivity contribution in [1.82, 2.24) is 19.5 Å². The maximum absolute atomic E-state index is 10.1. The minimum absolute atomic E-state index is 0.00823. The van der Waals surface area contributed by atoms with Gasteiger partial charge >= 0.3 is 0 Å². The number of benzene rings is 1. The van der Waals surface area contributed by atoms with Crippen molar-refractivity contribution in [1.29, 1.82) is 0 Å². The largest absolute Gasteiger partial charge is 0.396 e. The lowest BCUT2D eigenvalue weighted by Gasteiger charge is -2.30. The van der Waals surface area contributed by atoms with Gasteiger partial charge in [-0.3, -0.25) is 4.98 Å². The Bertz CT molecular complexity index is 1390. The molecular weight excluding hydrogens is 386 g/mol. The van der Waals surface area contributed by atoms with Crippen molar-refractivity contribution in [3.8, 4) is 23.5 Å². The fourth-order valence-corrected chi connectivity index (χ4v) is 6.04. The maximum atomic E-state index is 10.1. The molecule has 2 fully saturated rings. The normalized spacial score (nSPS) is 24.8. The summed E-state index contributed by atoms with van der Waals surface area (Å²) in [6, 6.07) is 10.1. The average molecular weight is 409 g/mol. The van der Waals surface area contributed by atoms with E-state index in [0.29, 0.717) is 5.82 Å². The third-order valence-corrected chi connectivity index (χ3v) is 7.55. The highest BCUT2D eigenvalue weighted by Gasteiger charge is 2.56. The Hall–Kier alpha value is -3.43. The van der Waals surface area contributed by atoms with Gasteiger partial charge in [0.1, 0.15) is 23.5 Å². The molecule has 0 amide bonds. The van der Waals surface area contributed by atoms with Crippen molar-refractivity contribution in [3.63, 3.8) is 0 Å².